The third kappa shape index (κ3) is 11.3. The lowest BCUT2D eigenvalue weighted by Crippen LogP contribution is -1.92. The molecule has 0 aliphatic heterocycles. The van der Waals surface area contributed by atoms with Crippen LogP contribution in [-0.4, -0.2) is 6.21 Å². The highest BCUT2D eigenvalue weighted by Crippen LogP contribution is 2.24. The summed E-state index contributed by atoms with van der Waals surface area (Å²) in [5.74, 6) is 0. The van der Waals surface area contributed by atoms with Gasteiger partial charge in [-0.2, -0.15) is 0 Å². The first-order valence-electron chi connectivity index (χ1n) is 15.8. The van der Waals surface area contributed by atoms with E-state index in [1.165, 1.54) is 6.21 Å². The smallest absolute Gasteiger partial charge is 0.0379 e. The third-order valence-corrected chi connectivity index (χ3v) is 7.62. The van der Waals surface area contributed by atoms with Crippen LogP contribution in [0.5, 0.6) is 0 Å². The predicted molar refractivity (Wildman–Crippen MR) is 212 cm³/mol. The molecular formula is C44H46N4. The number of hydrogen-bond donors (Lipinski definition) is 4. The molecule has 3 rings (SSSR count). The van der Waals surface area contributed by atoms with E-state index in [4.69, 9.17) is 16.9 Å². The number of anilines is 1. The Hall–Kier alpha value is -6.13. The van der Waals surface area contributed by atoms with Crippen molar-refractivity contribution in [1.29, 1.82) is 5.41 Å². The van der Waals surface area contributed by atoms with Gasteiger partial charge in [0, 0.05) is 24.3 Å². The van der Waals surface area contributed by atoms with E-state index in [-0.39, 0.29) is 0 Å². The maximum atomic E-state index is 7.23. The molecule has 0 radical (unpaired) electrons. The summed E-state index contributed by atoms with van der Waals surface area (Å²) < 4.78 is 0. The SMILES string of the molecule is C=C(/C=C\C(=C/Nc1ccccc1)c1ccc(C(=C)/C=C\C=N)cc1)C(=C)/C=C\c1cc(C(/C=C\CC(/C=C\N)=C/C)=C/N)ccc1C. The van der Waals surface area contributed by atoms with Crippen LogP contribution in [0.25, 0.3) is 22.8 Å². The molecule has 4 heteroatoms. The largest absolute Gasteiger partial charge is 0.405 e. The predicted octanol–water partition coefficient (Wildman–Crippen LogP) is 10.7. The number of para-hydroxylation sites is 1. The average Bonchev–Trinajstić information content (AvgIpc) is 3.12. The monoisotopic (exact) mass is 630 g/mol. The van der Waals surface area contributed by atoms with E-state index >= 15 is 0 Å². The van der Waals surface area contributed by atoms with Crippen LogP contribution in [0.3, 0.4) is 0 Å². The summed E-state index contributed by atoms with van der Waals surface area (Å²) in [5, 5.41) is 10.6. The zero-order chi connectivity index (χ0) is 34.7. The normalized spacial score (nSPS) is 12.9. The average molecular weight is 631 g/mol. The molecule has 3 aromatic carbocycles. The summed E-state index contributed by atoms with van der Waals surface area (Å²) in [4.78, 5) is 0. The Morgan fingerprint density at radius 1 is 0.771 bits per heavy atom. The zero-order valence-electron chi connectivity index (χ0n) is 28.0. The van der Waals surface area contributed by atoms with Crippen LogP contribution in [0.15, 0.2) is 183 Å². The fraction of sp³-hybridized carbons (Fsp3) is 0.0682. The molecule has 0 aliphatic carbocycles. The van der Waals surface area contributed by atoms with Gasteiger partial charge in [-0.25, -0.2) is 0 Å². The molecule has 0 aromatic heterocycles. The van der Waals surface area contributed by atoms with Crippen LogP contribution < -0.4 is 16.8 Å². The fourth-order valence-corrected chi connectivity index (χ4v) is 4.63. The summed E-state index contributed by atoms with van der Waals surface area (Å²) >= 11 is 0. The Balaban J connectivity index is 1.80. The second-order valence-corrected chi connectivity index (χ2v) is 11.0. The van der Waals surface area contributed by atoms with Crippen molar-refractivity contribution in [3.63, 3.8) is 0 Å². The zero-order valence-corrected chi connectivity index (χ0v) is 28.0. The Morgan fingerprint density at radius 2 is 1.46 bits per heavy atom. The van der Waals surface area contributed by atoms with Crippen molar-refractivity contribution in [3.8, 4) is 0 Å². The van der Waals surface area contributed by atoms with Crippen molar-refractivity contribution in [2.75, 3.05) is 5.32 Å². The Bertz CT molecular complexity index is 1840. The molecule has 4 nitrogen and oxygen atoms in total. The molecule has 0 bridgehead atoms. The molecular weight excluding hydrogens is 585 g/mol. The second-order valence-electron chi connectivity index (χ2n) is 11.0. The van der Waals surface area contributed by atoms with Crippen LogP contribution in [0, 0.1) is 12.3 Å². The van der Waals surface area contributed by atoms with Gasteiger partial charge in [-0.1, -0.05) is 123 Å². The van der Waals surface area contributed by atoms with Gasteiger partial charge >= 0.3 is 0 Å². The van der Waals surface area contributed by atoms with E-state index in [1.807, 2.05) is 98.1 Å². The van der Waals surface area contributed by atoms with Crippen molar-refractivity contribution in [3.05, 3.63) is 210 Å². The van der Waals surface area contributed by atoms with Gasteiger partial charge in [0.05, 0.1) is 0 Å². The number of allylic oxidation sites excluding steroid dienone is 15. The first-order valence-corrected chi connectivity index (χ1v) is 15.8. The molecule has 242 valence electrons. The number of hydrogen-bond acceptors (Lipinski definition) is 4. The summed E-state index contributed by atoms with van der Waals surface area (Å²) in [6, 6.07) is 24.5. The number of benzene rings is 3. The van der Waals surface area contributed by atoms with Crippen LogP contribution >= 0.6 is 0 Å². The minimum absolute atomic E-state index is 0.764. The van der Waals surface area contributed by atoms with E-state index in [0.717, 1.165) is 73.4 Å². The molecule has 0 saturated carbocycles. The number of aryl methyl sites for hydroxylation is 1. The van der Waals surface area contributed by atoms with E-state index in [9.17, 15) is 0 Å². The Kier molecular flexibility index (Phi) is 14.7. The third-order valence-electron chi connectivity index (χ3n) is 7.62. The van der Waals surface area contributed by atoms with Gasteiger partial charge in [0.2, 0.25) is 0 Å². The van der Waals surface area contributed by atoms with Gasteiger partial charge < -0.3 is 22.2 Å². The fourth-order valence-electron chi connectivity index (χ4n) is 4.63. The van der Waals surface area contributed by atoms with Gasteiger partial charge in [0.1, 0.15) is 0 Å². The summed E-state index contributed by atoms with van der Waals surface area (Å²) in [6.07, 6.45) is 26.8. The molecule has 48 heavy (non-hydrogen) atoms. The van der Waals surface area contributed by atoms with Crippen LogP contribution in [-0.2, 0) is 0 Å². The van der Waals surface area contributed by atoms with Gasteiger partial charge in [0.15, 0.2) is 0 Å². The highest BCUT2D eigenvalue weighted by molar-refractivity contribution is 5.81. The second kappa shape index (κ2) is 19.4. The van der Waals surface area contributed by atoms with Crippen LogP contribution in [0.2, 0.25) is 0 Å². The maximum Gasteiger partial charge on any atom is 0.0379 e. The number of nitrogens with one attached hydrogen (secondary N) is 2. The number of rotatable bonds is 16. The van der Waals surface area contributed by atoms with Crippen molar-refractivity contribution in [2.24, 2.45) is 11.5 Å². The van der Waals surface area contributed by atoms with Crippen molar-refractivity contribution < 1.29 is 0 Å². The van der Waals surface area contributed by atoms with Gasteiger partial charge in [0.25, 0.3) is 0 Å². The Labute approximate surface area is 286 Å². The standard InChI is InChI=1S/C44H46N4/c1-6-37(27-29-46)13-10-14-42(31-47)41-21-19-36(5)40(30-41)20-17-33(2)34(3)18-22-43(32-48-44-15-8-7-9-16-44)39-25-23-38(24-26-39)35(4)12-11-28-45/h6-12,14-32,45,48H,2-4,13,46-47H2,1,5H3/b12-11-,14-10-,20-17-,22-18-,29-27-,37-6-,42-31+,43-32+,45-28?. The highest BCUT2D eigenvalue weighted by Gasteiger charge is 2.04. The van der Waals surface area contributed by atoms with Crippen molar-refractivity contribution in [2.45, 2.75) is 20.3 Å². The highest BCUT2D eigenvalue weighted by atomic mass is 14.8. The minimum atomic E-state index is 0.764. The first-order chi connectivity index (χ1) is 23.3. The topological polar surface area (TPSA) is 87.9 Å². The van der Waals surface area contributed by atoms with Gasteiger partial charge in [-0.15, -0.1) is 0 Å². The molecule has 0 aliphatic rings. The molecule has 3 aromatic rings. The first kappa shape index (κ1) is 36.3. The summed E-state index contributed by atoms with van der Waals surface area (Å²) in [5.41, 5.74) is 23.3. The quantitative estimate of drug-likeness (QED) is 0.0938. The lowest BCUT2D eigenvalue weighted by molar-refractivity contribution is 1.26. The minimum Gasteiger partial charge on any atom is -0.405 e. The van der Waals surface area contributed by atoms with Gasteiger partial charge in [-0.05, 0) is 118 Å². The molecule has 0 saturated heterocycles. The van der Waals surface area contributed by atoms with Crippen LogP contribution in [0.1, 0.15) is 41.2 Å². The number of nitrogens with two attached hydrogens (primary N) is 2. The van der Waals surface area contributed by atoms with Crippen molar-refractivity contribution in [1.82, 2.24) is 0 Å². The van der Waals surface area contributed by atoms with Gasteiger partial charge in [-0.3, -0.25) is 0 Å². The van der Waals surface area contributed by atoms with Crippen LogP contribution in [0.4, 0.5) is 5.69 Å². The molecule has 0 atom stereocenters. The van der Waals surface area contributed by atoms with E-state index < -0.39 is 0 Å². The van der Waals surface area contributed by atoms with E-state index in [0.29, 0.717) is 0 Å². The Morgan fingerprint density at radius 3 is 2.12 bits per heavy atom. The lowest BCUT2D eigenvalue weighted by atomic mass is 9.97. The molecule has 6 N–H and O–H groups in total. The summed E-state index contributed by atoms with van der Waals surface area (Å²) in [7, 11) is 0. The molecule has 0 fully saturated rings. The van der Waals surface area contributed by atoms with Crippen molar-refractivity contribution >= 4 is 34.7 Å². The molecule has 0 heterocycles. The van der Waals surface area contributed by atoms with E-state index in [2.05, 4.69) is 74.5 Å². The summed E-state index contributed by atoms with van der Waals surface area (Å²) in [6.45, 7) is 16.8. The molecule has 0 spiro atoms. The van der Waals surface area contributed by atoms with E-state index in [1.54, 1.807) is 18.5 Å². The maximum absolute atomic E-state index is 7.23. The molecule has 0 unspecified atom stereocenters. The lowest BCUT2D eigenvalue weighted by Gasteiger charge is -2.09. The molecule has 0 amide bonds.